The summed E-state index contributed by atoms with van der Waals surface area (Å²) in [6, 6.07) is 2.30. The van der Waals surface area contributed by atoms with Crippen molar-refractivity contribution in [2.24, 2.45) is 0 Å². The summed E-state index contributed by atoms with van der Waals surface area (Å²) in [7, 11) is -2.14. The summed E-state index contributed by atoms with van der Waals surface area (Å²) in [6.07, 6.45) is 5.70. The average molecular weight is 354 g/mol. The van der Waals surface area contributed by atoms with Gasteiger partial charge in [-0.15, -0.1) is 5.70 Å². The zero-order valence-electron chi connectivity index (χ0n) is 17.2. The van der Waals surface area contributed by atoms with E-state index in [0.29, 0.717) is 0 Å². The van der Waals surface area contributed by atoms with Gasteiger partial charge in [-0.05, 0) is 39.3 Å². The van der Waals surface area contributed by atoms with Crippen molar-refractivity contribution in [2.75, 3.05) is 6.54 Å². The molecule has 1 aliphatic carbocycles. The quantitative estimate of drug-likeness (QED) is 0.501. The van der Waals surface area contributed by atoms with Gasteiger partial charge in [0, 0.05) is 6.04 Å². The number of hydrogen-bond acceptors (Lipinski definition) is 1. The average Bonchev–Trinajstić information content (AvgIpc) is 2.90. The maximum atomic E-state index is 3.90. The third kappa shape index (κ3) is 5.30. The molecule has 1 nitrogen and oxygen atoms in total. The number of allylic oxidation sites excluding steroid dienone is 1. The molecule has 0 aliphatic heterocycles. The van der Waals surface area contributed by atoms with Crippen LogP contribution >= 0.6 is 0 Å². The van der Waals surface area contributed by atoms with E-state index < -0.39 is 15.9 Å². The molecule has 0 bridgehead atoms. The van der Waals surface area contributed by atoms with Gasteiger partial charge in [-0.3, -0.25) is 0 Å². The maximum absolute atomic E-state index is 3.90. The van der Waals surface area contributed by atoms with E-state index >= 15 is 0 Å². The first-order valence-corrected chi connectivity index (χ1v) is 15.6. The molecule has 1 fully saturated rings. The summed E-state index contributed by atoms with van der Waals surface area (Å²) >= 11 is 0. The smallest absolute Gasteiger partial charge is 0.0579 e. The van der Waals surface area contributed by atoms with Crippen LogP contribution in [0.5, 0.6) is 0 Å². The highest BCUT2D eigenvalue weighted by Crippen LogP contribution is 2.44. The summed E-state index contributed by atoms with van der Waals surface area (Å²) in [4.78, 5) is 0. The van der Waals surface area contributed by atoms with Gasteiger partial charge in [0.05, 0.1) is 15.9 Å². The lowest BCUT2D eigenvalue weighted by atomic mass is 10.2. The Morgan fingerprint density at radius 3 is 1.87 bits per heavy atom. The number of rotatable bonds is 9. The van der Waals surface area contributed by atoms with E-state index in [4.69, 9.17) is 0 Å². The van der Waals surface area contributed by atoms with Crippen molar-refractivity contribution in [1.29, 1.82) is 0 Å². The van der Waals surface area contributed by atoms with E-state index in [-0.39, 0.29) is 0 Å². The van der Waals surface area contributed by atoms with Crippen LogP contribution in [0.2, 0.25) is 22.7 Å². The Morgan fingerprint density at radius 2 is 1.48 bits per heavy atom. The Morgan fingerprint density at radius 1 is 1.00 bits per heavy atom. The van der Waals surface area contributed by atoms with Gasteiger partial charge >= 0.3 is 0 Å². The van der Waals surface area contributed by atoms with Crippen molar-refractivity contribution in [3.05, 3.63) is 11.3 Å². The van der Waals surface area contributed by atoms with Crippen LogP contribution in [0.3, 0.4) is 0 Å². The van der Waals surface area contributed by atoms with Gasteiger partial charge in [0.1, 0.15) is 0 Å². The van der Waals surface area contributed by atoms with E-state index in [1.165, 1.54) is 38.3 Å². The third-order valence-electron chi connectivity index (χ3n) is 6.42. The van der Waals surface area contributed by atoms with Crippen molar-refractivity contribution in [3.8, 4) is 0 Å². The summed E-state index contributed by atoms with van der Waals surface area (Å²) in [5, 5.41) is 3.90. The Bertz CT molecular complexity index is 342. The zero-order valence-corrected chi connectivity index (χ0v) is 19.4. The molecule has 3 heteroatoms. The monoisotopic (exact) mass is 353 g/mol. The molecule has 0 radical (unpaired) electrons. The van der Waals surface area contributed by atoms with E-state index in [9.17, 15) is 0 Å². The highest BCUT2D eigenvalue weighted by atomic mass is 29.2. The van der Waals surface area contributed by atoms with Gasteiger partial charge in [-0.1, -0.05) is 76.6 Å². The number of nitrogens with one attached hydrogen (secondary N) is 1. The van der Waals surface area contributed by atoms with Crippen LogP contribution in [0.15, 0.2) is 11.3 Å². The second kappa shape index (κ2) is 9.57. The number of hydrogen-bond donors (Lipinski definition) is 1. The molecule has 1 rings (SSSR count). The Labute approximate surface area is 149 Å². The van der Waals surface area contributed by atoms with Crippen LogP contribution in [-0.4, -0.2) is 28.5 Å². The van der Waals surface area contributed by atoms with Crippen molar-refractivity contribution in [2.45, 2.75) is 110 Å². The second-order valence-electron chi connectivity index (χ2n) is 9.04. The summed E-state index contributed by atoms with van der Waals surface area (Å²) in [5.74, 6) is 0. The highest BCUT2D eigenvalue weighted by molar-refractivity contribution is 7.36. The third-order valence-corrected chi connectivity index (χ3v) is 26.9. The molecule has 0 aromatic carbocycles. The minimum absolute atomic E-state index is 0.824. The SMILES string of the molecule is CC(C)=C[SiH](CCNC1CCCC1)[Si](C(C)C)(C(C)C)C(C)C. The molecule has 1 N–H and O–H groups in total. The van der Waals surface area contributed by atoms with E-state index in [1.54, 1.807) is 5.57 Å². The normalized spacial score (nSPS) is 18.2. The van der Waals surface area contributed by atoms with E-state index in [2.05, 4.69) is 66.4 Å². The molecule has 0 aromatic rings. The molecule has 0 amide bonds. The highest BCUT2D eigenvalue weighted by Gasteiger charge is 2.48. The molecule has 1 atom stereocenters. The van der Waals surface area contributed by atoms with Crippen LogP contribution in [0.25, 0.3) is 0 Å². The van der Waals surface area contributed by atoms with Gasteiger partial charge < -0.3 is 5.32 Å². The Kier molecular flexibility index (Phi) is 8.81. The largest absolute Gasteiger partial charge is 0.314 e. The first kappa shape index (κ1) is 21.2. The molecule has 1 aliphatic rings. The van der Waals surface area contributed by atoms with Crippen molar-refractivity contribution >= 4 is 15.9 Å². The van der Waals surface area contributed by atoms with Crippen molar-refractivity contribution < 1.29 is 0 Å². The molecule has 1 saturated carbocycles. The molecule has 23 heavy (non-hydrogen) atoms. The predicted octanol–water partition coefficient (Wildman–Crippen LogP) is 6.01. The van der Waals surface area contributed by atoms with Gasteiger partial charge in [0.15, 0.2) is 0 Å². The molecular formula is C20H43NSi2. The lowest BCUT2D eigenvalue weighted by molar-refractivity contribution is 0.542. The van der Waals surface area contributed by atoms with Gasteiger partial charge in [0.25, 0.3) is 0 Å². The topological polar surface area (TPSA) is 12.0 Å². The lowest BCUT2D eigenvalue weighted by Crippen LogP contribution is -2.58. The fourth-order valence-electron chi connectivity index (χ4n) is 5.74. The van der Waals surface area contributed by atoms with Crippen molar-refractivity contribution in [3.63, 3.8) is 0 Å². The van der Waals surface area contributed by atoms with Crippen molar-refractivity contribution in [1.82, 2.24) is 5.32 Å². The van der Waals surface area contributed by atoms with Gasteiger partial charge in [0.2, 0.25) is 0 Å². The molecular weight excluding hydrogens is 310 g/mol. The first-order valence-electron chi connectivity index (χ1n) is 10.1. The fraction of sp³-hybridized carbons (Fsp3) is 0.900. The fourth-order valence-corrected chi connectivity index (χ4v) is 26.0. The summed E-state index contributed by atoms with van der Waals surface area (Å²) in [6.45, 7) is 21.1. The first-order chi connectivity index (χ1) is 10.7. The summed E-state index contributed by atoms with van der Waals surface area (Å²) in [5.41, 5.74) is 7.06. The molecule has 0 spiro atoms. The van der Waals surface area contributed by atoms with E-state index in [0.717, 1.165) is 22.7 Å². The van der Waals surface area contributed by atoms with Crippen LogP contribution < -0.4 is 5.32 Å². The second-order valence-corrected chi connectivity index (χ2v) is 21.9. The minimum Gasteiger partial charge on any atom is -0.314 e. The van der Waals surface area contributed by atoms with Crippen LogP contribution in [-0.2, 0) is 0 Å². The zero-order chi connectivity index (χ0) is 17.6. The lowest BCUT2D eigenvalue weighted by Gasteiger charge is -2.48. The van der Waals surface area contributed by atoms with Crippen LogP contribution in [0.1, 0.15) is 81.1 Å². The maximum Gasteiger partial charge on any atom is 0.0579 e. The molecule has 0 heterocycles. The molecule has 0 aromatic heterocycles. The van der Waals surface area contributed by atoms with Gasteiger partial charge in [-0.25, -0.2) is 0 Å². The molecule has 1 unspecified atom stereocenters. The predicted molar refractivity (Wildman–Crippen MR) is 113 cm³/mol. The summed E-state index contributed by atoms with van der Waals surface area (Å²) < 4.78 is 0. The Balaban J connectivity index is 2.93. The van der Waals surface area contributed by atoms with Crippen LogP contribution in [0, 0.1) is 0 Å². The van der Waals surface area contributed by atoms with Crippen LogP contribution in [0.4, 0.5) is 0 Å². The standard InChI is InChI=1S/C20H43NSi2/c1-16(2)15-22(14-13-21-20-11-9-10-12-20)23(17(3)4,18(5)6)19(7)8/h15,17-22H,9-14H2,1-8H3. The Hall–Kier alpha value is 0.134. The van der Waals surface area contributed by atoms with E-state index in [1.807, 2.05) is 0 Å². The van der Waals surface area contributed by atoms with Gasteiger partial charge in [-0.2, -0.15) is 0 Å². The minimum atomic E-state index is -1.27. The molecule has 136 valence electrons. The molecule has 0 saturated heterocycles.